The highest BCUT2D eigenvalue weighted by molar-refractivity contribution is 6.35. The summed E-state index contributed by atoms with van der Waals surface area (Å²) in [6.07, 6.45) is 1.45. The van der Waals surface area contributed by atoms with Gasteiger partial charge in [0, 0.05) is 38.9 Å². The SMILES string of the molecule is O=C(N/N=C/c1ccccc1OCc1ccc(Cl)cc1Cl)c1ccc([N+](=O)[O-])cc1. The first-order valence-corrected chi connectivity index (χ1v) is 9.43. The van der Waals surface area contributed by atoms with Crippen LogP contribution in [-0.4, -0.2) is 17.0 Å². The number of halogens is 2. The molecule has 0 saturated carbocycles. The zero-order chi connectivity index (χ0) is 21.5. The minimum atomic E-state index is -0.534. The smallest absolute Gasteiger partial charge is 0.271 e. The third-order valence-electron chi connectivity index (χ3n) is 4.03. The molecule has 0 unspecified atom stereocenters. The van der Waals surface area contributed by atoms with Crippen molar-refractivity contribution in [1.29, 1.82) is 0 Å². The fraction of sp³-hybridized carbons (Fsp3) is 0.0476. The summed E-state index contributed by atoms with van der Waals surface area (Å²) in [5, 5.41) is 15.7. The second kappa shape index (κ2) is 9.87. The van der Waals surface area contributed by atoms with E-state index >= 15 is 0 Å². The third-order valence-corrected chi connectivity index (χ3v) is 4.61. The van der Waals surface area contributed by atoms with E-state index in [0.29, 0.717) is 21.4 Å². The highest BCUT2D eigenvalue weighted by Gasteiger charge is 2.09. The number of nitrogens with zero attached hydrogens (tertiary/aromatic N) is 2. The van der Waals surface area contributed by atoms with Crippen LogP contribution in [0.15, 0.2) is 71.8 Å². The van der Waals surface area contributed by atoms with Crippen LogP contribution < -0.4 is 10.2 Å². The molecule has 0 aliphatic rings. The number of amides is 1. The average molecular weight is 444 g/mol. The van der Waals surface area contributed by atoms with E-state index in [-0.39, 0.29) is 17.9 Å². The quantitative estimate of drug-likeness (QED) is 0.306. The summed E-state index contributed by atoms with van der Waals surface area (Å²) in [4.78, 5) is 22.3. The van der Waals surface area contributed by atoms with Gasteiger partial charge < -0.3 is 4.74 Å². The molecule has 0 radical (unpaired) electrons. The van der Waals surface area contributed by atoms with Crippen molar-refractivity contribution in [3.8, 4) is 5.75 Å². The number of hydrazone groups is 1. The largest absolute Gasteiger partial charge is 0.488 e. The predicted octanol–water partition coefficient (Wildman–Crippen LogP) is 5.24. The Labute approximate surface area is 182 Å². The highest BCUT2D eigenvalue weighted by Crippen LogP contribution is 2.24. The van der Waals surface area contributed by atoms with E-state index in [1.807, 2.05) is 12.1 Å². The average Bonchev–Trinajstić information content (AvgIpc) is 2.74. The number of carbonyl (C=O) groups excluding carboxylic acids is 1. The number of hydrogen-bond acceptors (Lipinski definition) is 5. The van der Waals surface area contributed by atoms with Crippen molar-refractivity contribution in [2.75, 3.05) is 0 Å². The Morgan fingerprint density at radius 2 is 1.83 bits per heavy atom. The number of ether oxygens (including phenoxy) is 1. The zero-order valence-corrected chi connectivity index (χ0v) is 16.9. The lowest BCUT2D eigenvalue weighted by Gasteiger charge is -2.10. The number of carbonyl (C=O) groups is 1. The van der Waals surface area contributed by atoms with Gasteiger partial charge in [0.1, 0.15) is 12.4 Å². The number of hydrogen-bond donors (Lipinski definition) is 1. The van der Waals surface area contributed by atoms with E-state index in [1.165, 1.54) is 30.5 Å². The van der Waals surface area contributed by atoms with Crippen LogP contribution in [0.25, 0.3) is 0 Å². The molecule has 0 heterocycles. The number of nitro benzene ring substituents is 1. The van der Waals surface area contributed by atoms with Crippen LogP contribution in [0.5, 0.6) is 5.75 Å². The van der Waals surface area contributed by atoms with Crippen LogP contribution in [0.1, 0.15) is 21.5 Å². The van der Waals surface area contributed by atoms with Gasteiger partial charge in [0.05, 0.1) is 11.1 Å². The maximum Gasteiger partial charge on any atom is 0.271 e. The van der Waals surface area contributed by atoms with Gasteiger partial charge in [-0.15, -0.1) is 0 Å². The molecule has 0 spiro atoms. The Balaban J connectivity index is 1.64. The Morgan fingerprint density at radius 1 is 1.10 bits per heavy atom. The minimum Gasteiger partial charge on any atom is -0.488 e. The van der Waals surface area contributed by atoms with Crippen LogP contribution in [0, 0.1) is 10.1 Å². The number of benzene rings is 3. The number of non-ortho nitro benzene ring substituents is 1. The molecular weight excluding hydrogens is 429 g/mol. The molecule has 0 aliphatic heterocycles. The molecule has 3 aromatic carbocycles. The Morgan fingerprint density at radius 3 is 2.53 bits per heavy atom. The van der Waals surface area contributed by atoms with Crippen molar-refractivity contribution in [3.05, 3.63) is 104 Å². The van der Waals surface area contributed by atoms with Gasteiger partial charge in [-0.1, -0.05) is 41.4 Å². The summed E-state index contributed by atoms with van der Waals surface area (Å²) in [6, 6.07) is 17.5. The van der Waals surface area contributed by atoms with Crippen LogP contribution in [0.2, 0.25) is 10.0 Å². The fourth-order valence-corrected chi connectivity index (χ4v) is 2.94. The Kier molecular flexibility index (Phi) is 7.00. The number of nitro groups is 1. The summed E-state index contributed by atoms with van der Waals surface area (Å²) in [5.74, 6) is 0.0596. The first-order chi connectivity index (χ1) is 14.4. The molecule has 0 saturated heterocycles. The summed E-state index contributed by atoms with van der Waals surface area (Å²) in [5.41, 5.74) is 3.96. The summed E-state index contributed by atoms with van der Waals surface area (Å²) >= 11 is 12.1. The normalized spacial score (nSPS) is 10.7. The van der Waals surface area contributed by atoms with Gasteiger partial charge in [0.15, 0.2) is 0 Å². The van der Waals surface area contributed by atoms with Gasteiger partial charge in [-0.25, -0.2) is 5.43 Å². The molecule has 3 aromatic rings. The van der Waals surface area contributed by atoms with Crippen LogP contribution >= 0.6 is 23.2 Å². The third kappa shape index (κ3) is 5.56. The molecular formula is C21H15Cl2N3O4. The highest BCUT2D eigenvalue weighted by atomic mass is 35.5. The number of para-hydroxylation sites is 1. The maximum absolute atomic E-state index is 12.1. The van der Waals surface area contributed by atoms with Gasteiger partial charge in [-0.05, 0) is 36.4 Å². The van der Waals surface area contributed by atoms with Crippen molar-refractivity contribution < 1.29 is 14.5 Å². The molecule has 0 aromatic heterocycles. The number of rotatable bonds is 7. The zero-order valence-electron chi connectivity index (χ0n) is 15.4. The van der Waals surface area contributed by atoms with Crippen molar-refractivity contribution in [2.24, 2.45) is 5.10 Å². The molecule has 7 nitrogen and oxygen atoms in total. The van der Waals surface area contributed by atoms with Crippen molar-refractivity contribution in [1.82, 2.24) is 5.43 Å². The maximum atomic E-state index is 12.1. The van der Waals surface area contributed by atoms with E-state index in [0.717, 1.165) is 5.56 Å². The lowest BCUT2D eigenvalue weighted by molar-refractivity contribution is -0.384. The van der Waals surface area contributed by atoms with E-state index in [1.54, 1.807) is 30.3 Å². The van der Waals surface area contributed by atoms with Crippen LogP contribution in [-0.2, 0) is 6.61 Å². The summed E-state index contributed by atoms with van der Waals surface area (Å²) in [7, 11) is 0. The molecule has 30 heavy (non-hydrogen) atoms. The first-order valence-electron chi connectivity index (χ1n) is 8.67. The molecule has 3 rings (SSSR count). The monoisotopic (exact) mass is 443 g/mol. The fourth-order valence-electron chi connectivity index (χ4n) is 2.47. The Hall–Kier alpha value is -3.42. The van der Waals surface area contributed by atoms with E-state index in [9.17, 15) is 14.9 Å². The molecule has 0 fully saturated rings. The molecule has 1 amide bonds. The number of nitrogens with one attached hydrogen (secondary N) is 1. The second-order valence-corrected chi connectivity index (χ2v) is 6.91. The second-order valence-electron chi connectivity index (χ2n) is 6.07. The predicted molar refractivity (Wildman–Crippen MR) is 115 cm³/mol. The molecule has 0 atom stereocenters. The van der Waals surface area contributed by atoms with Crippen LogP contribution in [0.3, 0.4) is 0 Å². The molecule has 9 heteroatoms. The van der Waals surface area contributed by atoms with E-state index in [2.05, 4.69) is 10.5 Å². The van der Waals surface area contributed by atoms with Gasteiger partial charge in [0.2, 0.25) is 0 Å². The molecule has 1 N–H and O–H groups in total. The van der Waals surface area contributed by atoms with Gasteiger partial charge in [0.25, 0.3) is 11.6 Å². The van der Waals surface area contributed by atoms with Gasteiger partial charge in [-0.3, -0.25) is 14.9 Å². The van der Waals surface area contributed by atoms with E-state index < -0.39 is 10.8 Å². The first kappa shape index (κ1) is 21.3. The van der Waals surface area contributed by atoms with Gasteiger partial charge >= 0.3 is 0 Å². The standard InChI is InChI=1S/C21H15Cl2N3O4/c22-17-8-5-16(19(23)11-17)13-30-20-4-2-1-3-15(20)12-24-25-21(27)14-6-9-18(10-7-14)26(28)29/h1-12H,13H2,(H,25,27)/b24-12+. The van der Waals surface area contributed by atoms with Crippen molar-refractivity contribution in [3.63, 3.8) is 0 Å². The van der Waals surface area contributed by atoms with Crippen LogP contribution in [0.4, 0.5) is 5.69 Å². The molecule has 0 aliphatic carbocycles. The molecule has 152 valence electrons. The summed E-state index contributed by atoms with van der Waals surface area (Å²) < 4.78 is 5.83. The van der Waals surface area contributed by atoms with Crippen molar-refractivity contribution in [2.45, 2.75) is 6.61 Å². The Bertz CT molecular complexity index is 1100. The van der Waals surface area contributed by atoms with Crippen molar-refractivity contribution >= 4 is 41.0 Å². The lowest BCUT2D eigenvalue weighted by Crippen LogP contribution is -2.17. The minimum absolute atomic E-state index is 0.0954. The topological polar surface area (TPSA) is 93.8 Å². The summed E-state index contributed by atoms with van der Waals surface area (Å²) in [6.45, 7) is 0.232. The van der Waals surface area contributed by atoms with Gasteiger partial charge in [-0.2, -0.15) is 5.10 Å². The van der Waals surface area contributed by atoms with E-state index in [4.69, 9.17) is 27.9 Å². The lowest BCUT2D eigenvalue weighted by atomic mass is 10.2. The molecule has 0 bridgehead atoms.